The zero-order chi connectivity index (χ0) is 23.2. The molecule has 168 valence electrons. The van der Waals surface area contributed by atoms with Crippen molar-refractivity contribution in [3.05, 3.63) is 84.3 Å². The molecule has 1 atom stereocenters. The average molecular weight is 465 g/mol. The molecule has 5 rings (SSSR count). The van der Waals surface area contributed by atoms with Crippen LogP contribution in [0, 0.1) is 5.82 Å². The van der Waals surface area contributed by atoms with Crippen molar-refractivity contribution in [2.45, 2.75) is 12.5 Å². The zero-order valence-corrected chi connectivity index (χ0v) is 18.3. The predicted molar refractivity (Wildman–Crippen MR) is 125 cm³/mol. The van der Waals surface area contributed by atoms with Crippen molar-refractivity contribution < 1.29 is 22.7 Å². The van der Waals surface area contributed by atoms with Crippen LogP contribution >= 0.6 is 0 Å². The second-order valence-electron chi connectivity index (χ2n) is 8.24. The SMILES string of the molecule is O=C(NC1CCS(=O)(=O)C1)c1ccc2c(-c3cccc(O)c3)cn(-c3ccc(F)cc3)c2c1. The number of phenolic OH excluding ortho intramolecular Hbond substituents is 1. The fourth-order valence-electron chi connectivity index (χ4n) is 4.26. The lowest BCUT2D eigenvalue weighted by molar-refractivity contribution is 0.0941. The predicted octanol–water partition coefficient (Wildman–Crippen LogP) is 4.06. The Bertz CT molecular complexity index is 1480. The molecule has 3 aromatic carbocycles. The first-order valence-corrected chi connectivity index (χ1v) is 12.3. The molecule has 0 aliphatic carbocycles. The van der Waals surface area contributed by atoms with Crippen molar-refractivity contribution >= 4 is 26.6 Å². The number of hydrogen-bond acceptors (Lipinski definition) is 4. The van der Waals surface area contributed by atoms with E-state index in [9.17, 15) is 22.7 Å². The maximum atomic E-state index is 13.5. The Morgan fingerprint density at radius 2 is 1.85 bits per heavy atom. The van der Waals surface area contributed by atoms with Gasteiger partial charge in [0.1, 0.15) is 11.6 Å². The summed E-state index contributed by atoms with van der Waals surface area (Å²) in [7, 11) is -3.10. The lowest BCUT2D eigenvalue weighted by atomic mass is 10.0. The maximum absolute atomic E-state index is 13.5. The molecule has 2 heterocycles. The molecule has 0 bridgehead atoms. The Morgan fingerprint density at radius 1 is 1.06 bits per heavy atom. The first-order chi connectivity index (χ1) is 15.8. The van der Waals surface area contributed by atoms with Crippen molar-refractivity contribution in [2.75, 3.05) is 11.5 Å². The number of nitrogens with one attached hydrogen (secondary N) is 1. The molecule has 1 aromatic heterocycles. The number of rotatable bonds is 4. The summed E-state index contributed by atoms with van der Waals surface area (Å²) in [6.07, 6.45) is 2.29. The van der Waals surface area contributed by atoms with E-state index in [1.54, 1.807) is 42.5 Å². The van der Waals surface area contributed by atoms with Crippen molar-refractivity contribution in [1.29, 1.82) is 0 Å². The summed E-state index contributed by atoms with van der Waals surface area (Å²) in [5, 5.41) is 13.6. The Labute approximate surface area is 190 Å². The van der Waals surface area contributed by atoms with E-state index in [0.29, 0.717) is 17.7 Å². The van der Waals surface area contributed by atoms with Crippen LogP contribution in [0.5, 0.6) is 5.75 Å². The molecule has 1 aliphatic heterocycles. The first kappa shape index (κ1) is 21.2. The molecule has 8 heteroatoms. The fraction of sp³-hybridized carbons (Fsp3) is 0.160. The second kappa shape index (κ2) is 8.04. The molecule has 0 radical (unpaired) electrons. The minimum Gasteiger partial charge on any atom is -0.508 e. The van der Waals surface area contributed by atoms with Gasteiger partial charge in [-0.25, -0.2) is 12.8 Å². The molecule has 0 spiro atoms. The highest BCUT2D eigenvalue weighted by Gasteiger charge is 2.29. The molecule has 0 saturated carbocycles. The van der Waals surface area contributed by atoms with Crippen molar-refractivity contribution in [3.8, 4) is 22.6 Å². The van der Waals surface area contributed by atoms with Crippen LogP contribution in [0.2, 0.25) is 0 Å². The standard InChI is InChI=1S/C25H21FN2O4S/c26-18-5-7-20(8-6-18)28-14-23(16-2-1-3-21(29)12-16)22-9-4-17(13-24(22)28)25(30)27-19-10-11-33(31,32)15-19/h1-9,12-14,19,29H,10-11,15H2,(H,27,30). The summed E-state index contributed by atoms with van der Waals surface area (Å²) >= 11 is 0. The number of carbonyl (C=O) groups excluding carboxylic acids is 1. The van der Waals surface area contributed by atoms with Gasteiger partial charge in [0, 0.05) is 34.4 Å². The lowest BCUT2D eigenvalue weighted by Gasteiger charge is -2.12. The van der Waals surface area contributed by atoms with E-state index in [-0.39, 0.29) is 29.0 Å². The zero-order valence-electron chi connectivity index (χ0n) is 17.5. The summed E-state index contributed by atoms with van der Waals surface area (Å²) in [6, 6.07) is 17.8. The van der Waals surface area contributed by atoms with Gasteiger partial charge in [-0.05, 0) is 60.5 Å². The van der Waals surface area contributed by atoms with Gasteiger partial charge in [-0.1, -0.05) is 18.2 Å². The first-order valence-electron chi connectivity index (χ1n) is 10.5. The van der Waals surface area contributed by atoms with E-state index < -0.39 is 15.9 Å². The van der Waals surface area contributed by atoms with E-state index >= 15 is 0 Å². The highest BCUT2D eigenvalue weighted by atomic mass is 32.2. The third-order valence-electron chi connectivity index (χ3n) is 5.90. The monoisotopic (exact) mass is 464 g/mol. The molecule has 1 unspecified atom stereocenters. The number of aromatic hydroxyl groups is 1. The van der Waals surface area contributed by atoms with Crippen LogP contribution in [0.25, 0.3) is 27.7 Å². The number of fused-ring (bicyclic) bond motifs is 1. The van der Waals surface area contributed by atoms with Crippen LogP contribution in [-0.2, 0) is 9.84 Å². The van der Waals surface area contributed by atoms with Crippen LogP contribution in [0.4, 0.5) is 4.39 Å². The van der Waals surface area contributed by atoms with Gasteiger partial charge in [-0.3, -0.25) is 4.79 Å². The second-order valence-corrected chi connectivity index (χ2v) is 10.5. The number of benzene rings is 3. The summed E-state index contributed by atoms with van der Waals surface area (Å²) < 4.78 is 38.8. The van der Waals surface area contributed by atoms with Gasteiger partial charge in [0.2, 0.25) is 0 Å². The van der Waals surface area contributed by atoms with Crippen molar-refractivity contribution in [3.63, 3.8) is 0 Å². The maximum Gasteiger partial charge on any atom is 0.251 e. The highest BCUT2D eigenvalue weighted by Crippen LogP contribution is 2.34. The third kappa shape index (κ3) is 4.21. The van der Waals surface area contributed by atoms with Gasteiger partial charge in [0.05, 0.1) is 17.0 Å². The van der Waals surface area contributed by atoms with Gasteiger partial charge in [0.15, 0.2) is 9.84 Å². The lowest BCUT2D eigenvalue weighted by Crippen LogP contribution is -2.35. The number of carbonyl (C=O) groups is 1. The molecular formula is C25H21FN2O4S. The summed E-state index contributed by atoms with van der Waals surface area (Å²) in [5.74, 6) is -0.524. The van der Waals surface area contributed by atoms with E-state index in [0.717, 1.165) is 22.0 Å². The molecule has 6 nitrogen and oxygen atoms in total. The number of halogens is 1. The Kier molecular flexibility index (Phi) is 5.17. The topological polar surface area (TPSA) is 88.4 Å². The highest BCUT2D eigenvalue weighted by molar-refractivity contribution is 7.91. The van der Waals surface area contributed by atoms with E-state index in [1.165, 1.54) is 12.1 Å². The Morgan fingerprint density at radius 3 is 2.55 bits per heavy atom. The quantitative estimate of drug-likeness (QED) is 0.477. The molecular weight excluding hydrogens is 443 g/mol. The van der Waals surface area contributed by atoms with E-state index in [4.69, 9.17) is 0 Å². The van der Waals surface area contributed by atoms with Gasteiger partial charge in [0.25, 0.3) is 5.91 Å². The number of amides is 1. The van der Waals surface area contributed by atoms with E-state index in [2.05, 4.69) is 5.32 Å². The molecule has 1 saturated heterocycles. The molecule has 2 N–H and O–H groups in total. The summed E-state index contributed by atoms with van der Waals surface area (Å²) in [4.78, 5) is 12.9. The summed E-state index contributed by atoms with van der Waals surface area (Å²) in [6.45, 7) is 0. The smallest absolute Gasteiger partial charge is 0.251 e. The van der Waals surface area contributed by atoms with E-state index in [1.807, 2.05) is 22.9 Å². The number of phenols is 1. The number of hydrogen-bond donors (Lipinski definition) is 2. The number of sulfone groups is 1. The average Bonchev–Trinajstić information content (AvgIpc) is 3.33. The van der Waals surface area contributed by atoms with Gasteiger partial charge in [-0.2, -0.15) is 0 Å². The van der Waals surface area contributed by atoms with Crippen LogP contribution < -0.4 is 5.32 Å². The molecule has 1 fully saturated rings. The van der Waals surface area contributed by atoms with Crippen LogP contribution in [0.15, 0.2) is 72.9 Å². The number of nitrogens with zero attached hydrogens (tertiary/aromatic N) is 1. The molecule has 1 amide bonds. The summed E-state index contributed by atoms with van der Waals surface area (Å²) in [5.41, 5.74) is 3.49. The van der Waals surface area contributed by atoms with Gasteiger partial charge in [-0.15, -0.1) is 0 Å². The fourth-order valence-corrected chi connectivity index (χ4v) is 5.94. The van der Waals surface area contributed by atoms with Crippen molar-refractivity contribution in [1.82, 2.24) is 9.88 Å². The minimum atomic E-state index is -3.10. The van der Waals surface area contributed by atoms with Crippen LogP contribution in [-0.4, -0.2) is 41.5 Å². The number of aromatic nitrogens is 1. The van der Waals surface area contributed by atoms with Crippen LogP contribution in [0.1, 0.15) is 16.8 Å². The molecule has 1 aliphatic rings. The van der Waals surface area contributed by atoms with Crippen LogP contribution in [0.3, 0.4) is 0 Å². The molecule has 4 aromatic rings. The Hall–Kier alpha value is -3.65. The largest absolute Gasteiger partial charge is 0.508 e. The third-order valence-corrected chi connectivity index (χ3v) is 7.67. The Balaban J connectivity index is 1.59. The molecule has 33 heavy (non-hydrogen) atoms. The minimum absolute atomic E-state index is 0.0470. The van der Waals surface area contributed by atoms with Crippen molar-refractivity contribution in [2.24, 2.45) is 0 Å². The normalized spacial score (nSPS) is 17.3. The van der Waals surface area contributed by atoms with Gasteiger partial charge >= 0.3 is 0 Å². The van der Waals surface area contributed by atoms with Gasteiger partial charge < -0.3 is 15.0 Å².